The first-order valence-corrected chi connectivity index (χ1v) is 17.0. The van der Waals surface area contributed by atoms with Gasteiger partial charge >= 0.3 is 0 Å². The Hall–Kier alpha value is -2.75. The van der Waals surface area contributed by atoms with Crippen LogP contribution in [-0.4, -0.2) is 17.6 Å². The molecule has 0 radical (unpaired) electrons. The van der Waals surface area contributed by atoms with Crippen molar-refractivity contribution in [2.24, 2.45) is 5.41 Å². The normalized spacial score (nSPS) is 16.0. The minimum Gasteiger partial charge on any atom is -0.375 e. The number of ketones is 1. The number of halogens is 1. The molecule has 1 N–H and O–H groups in total. The Labute approximate surface area is 271 Å². The molecule has 1 aliphatic carbocycles. The van der Waals surface area contributed by atoms with Gasteiger partial charge in [-0.1, -0.05) is 125 Å². The molecule has 43 heavy (non-hydrogen) atoms. The van der Waals surface area contributed by atoms with E-state index in [0.29, 0.717) is 23.5 Å². The molecule has 2 nitrogen and oxygen atoms in total. The lowest BCUT2D eigenvalue weighted by molar-refractivity contribution is -0.119. The maximum Gasteiger partial charge on any atom is 0.133 e. The molecule has 3 aromatic carbocycles. The van der Waals surface area contributed by atoms with Crippen molar-refractivity contribution < 1.29 is 4.79 Å². The molecule has 0 saturated heterocycles. The zero-order chi connectivity index (χ0) is 31.2. The van der Waals surface area contributed by atoms with Crippen LogP contribution in [0.4, 0.5) is 5.69 Å². The number of aryl methyl sites for hydroxylation is 2. The lowest BCUT2D eigenvalue weighted by Gasteiger charge is -2.20. The molecule has 1 atom stereocenters. The summed E-state index contributed by atoms with van der Waals surface area (Å²) in [6.07, 6.45) is 16.0. The van der Waals surface area contributed by atoms with Gasteiger partial charge in [-0.25, -0.2) is 0 Å². The molecule has 1 aliphatic heterocycles. The lowest BCUT2D eigenvalue weighted by Crippen LogP contribution is -2.17. The van der Waals surface area contributed by atoms with Crippen molar-refractivity contribution in [3.8, 4) is 0 Å². The zero-order valence-electron chi connectivity index (χ0n) is 26.7. The standard InChI is InChI=1S/C29H30ClN.C8H14OS.C2H6/c1-21(2)28-12-4-3-10-24(28)11-6-9-22-7-5-8-23(19-22)13-17-27-18-15-25-14-16-26(30)20-29(25)31-27;1-2-7(9)5-8(6-10)3-4-8;1-2/h3-5,7-8,10,12-21,27,31H,6,9,11H2,1-2H3;10H,2-6H2,1H3;1-2H3/b17-13+;;. The Bertz CT molecular complexity index is 1370. The number of anilines is 1. The highest BCUT2D eigenvalue weighted by atomic mass is 35.5. The molecule has 0 aromatic heterocycles. The fourth-order valence-corrected chi connectivity index (χ4v) is 5.93. The molecule has 3 aromatic rings. The maximum atomic E-state index is 11.0. The van der Waals surface area contributed by atoms with Gasteiger partial charge in [0.2, 0.25) is 0 Å². The summed E-state index contributed by atoms with van der Waals surface area (Å²) in [7, 11) is 0. The number of nitrogens with one attached hydrogen (secondary N) is 1. The van der Waals surface area contributed by atoms with Crippen LogP contribution in [0.5, 0.6) is 0 Å². The molecule has 5 rings (SSSR count). The Kier molecular flexibility index (Phi) is 14.2. The molecule has 1 unspecified atom stereocenters. The number of thiol groups is 1. The van der Waals surface area contributed by atoms with E-state index >= 15 is 0 Å². The first-order valence-electron chi connectivity index (χ1n) is 16.0. The van der Waals surface area contributed by atoms with E-state index in [1.54, 1.807) is 0 Å². The third-order valence-electron chi connectivity index (χ3n) is 8.12. The van der Waals surface area contributed by atoms with Gasteiger partial charge in [0, 0.05) is 23.6 Å². The van der Waals surface area contributed by atoms with Crippen LogP contribution < -0.4 is 5.32 Å². The van der Waals surface area contributed by atoms with Crippen LogP contribution in [0.3, 0.4) is 0 Å². The molecule has 4 heteroatoms. The monoisotopic (exact) mass is 615 g/mol. The number of rotatable bonds is 11. The van der Waals surface area contributed by atoms with Gasteiger partial charge in [0.25, 0.3) is 0 Å². The Morgan fingerprint density at radius 1 is 1.05 bits per heavy atom. The van der Waals surface area contributed by atoms with Gasteiger partial charge in [-0.05, 0) is 89.1 Å². The van der Waals surface area contributed by atoms with Crippen molar-refractivity contribution >= 4 is 47.9 Å². The molecule has 0 amide bonds. The van der Waals surface area contributed by atoms with Gasteiger partial charge in [0.1, 0.15) is 5.78 Å². The number of hydrogen-bond donors (Lipinski definition) is 2. The molecule has 1 heterocycles. The van der Waals surface area contributed by atoms with Crippen LogP contribution in [0.1, 0.15) is 100 Å². The third kappa shape index (κ3) is 11.0. The minimum absolute atomic E-state index is 0.169. The number of benzene rings is 3. The van der Waals surface area contributed by atoms with Crippen LogP contribution >= 0.6 is 24.2 Å². The number of carbonyl (C=O) groups excluding carboxylic acids is 1. The molecule has 1 saturated carbocycles. The summed E-state index contributed by atoms with van der Waals surface area (Å²) in [6, 6.07) is 23.9. The second kappa shape index (κ2) is 17.5. The first-order chi connectivity index (χ1) is 20.8. The molecule has 0 spiro atoms. The number of fused-ring (bicyclic) bond motifs is 1. The predicted molar refractivity (Wildman–Crippen MR) is 193 cm³/mol. The van der Waals surface area contributed by atoms with E-state index in [-0.39, 0.29) is 6.04 Å². The molecular weight excluding hydrogens is 566 g/mol. The fraction of sp³-hybridized carbons (Fsp3) is 0.410. The second-order valence-corrected chi connectivity index (χ2v) is 12.6. The highest BCUT2D eigenvalue weighted by molar-refractivity contribution is 7.80. The highest BCUT2D eigenvalue weighted by Crippen LogP contribution is 2.49. The Morgan fingerprint density at radius 3 is 2.51 bits per heavy atom. The van der Waals surface area contributed by atoms with Crippen molar-refractivity contribution in [2.45, 2.75) is 91.5 Å². The van der Waals surface area contributed by atoms with E-state index in [4.69, 9.17) is 11.6 Å². The summed E-state index contributed by atoms with van der Waals surface area (Å²) in [6.45, 7) is 10.5. The number of Topliss-reactive ketones (excluding diaryl/α,β-unsaturated/α-hetero) is 1. The smallest absolute Gasteiger partial charge is 0.133 e. The largest absolute Gasteiger partial charge is 0.375 e. The van der Waals surface area contributed by atoms with Crippen LogP contribution in [0.15, 0.2) is 78.9 Å². The number of carbonyl (C=O) groups is 1. The van der Waals surface area contributed by atoms with E-state index in [2.05, 4.69) is 105 Å². The second-order valence-electron chi connectivity index (χ2n) is 11.8. The van der Waals surface area contributed by atoms with Crippen LogP contribution in [0.2, 0.25) is 5.02 Å². The van der Waals surface area contributed by atoms with E-state index in [1.807, 2.05) is 39.0 Å². The van der Waals surface area contributed by atoms with Crippen LogP contribution in [-0.2, 0) is 17.6 Å². The Morgan fingerprint density at radius 2 is 1.81 bits per heavy atom. The number of hydrogen-bond acceptors (Lipinski definition) is 3. The lowest BCUT2D eigenvalue weighted by atomic mass is 9.93. The Balaban J connectivity index is 0.000000356. The van der Waals surface area contributed by atoms with Gasteiger partial charge < -0.3 is 5.32 Å². The van der Waals surface area contributed by atoms with Gasteiger partial charge in [-0.2, -0.15) is 12.6 Å². The van der Waals surface area contributed by atoms with Crippen molar-refractivity contribution in [3.63, 3.8) is 0 Å². The van der Waals surface area contributed by atoms with E-state index in [0.717, 1.165) is 35.7 Å². The van der Waals surface area contributed by atoms with Crippen molar-refractivity contribution in [1.29, 1.82) is 0 Å². The zero-order valence-corrected chi connectivity index (χ0v) is 28.4. The van der Waals surface area contributed by atoms with Gasteiger partial charge in [0.15, 0.2) is 0 Å². The van der Waals surface area contributed by atoms with E-state index in [9.17, 15) is 4.79 Å². The third-order valence-corrected chi connectivity index (χ3v) is 9.02. The van der Waals surface area contributed by atoms with Crippen LogP contribution in [0.25, 0.3) is 12.2 Å². The predicted octanol–water partition coefficient (Wildman–Crippen LogP) is 11.3. The molecule has 2 aliphatic rings. The van der Waals surface area contributed by atoms with Crippen LogP contribution in [0, 0.1) is 5.41 Å². The summed E-state index contributed by atoms with van der Waals surface area (Å²) in [5.41, 5.74) is 8.20. The quantitative estimate of drug-likeness (QED) is 0.210. The SMILES string of the molecule is CC.CC(C)c1ccccc1CCCc1cccc(/C=C/C2C=Cc3ccc(Cl)cc3N2)c1.CCC(=O)CC1(CS)CC1. The molecule has 230 valence electrons. The summed E-state index contributed by atoms with van der Waals surface area (Å²) >= 11 is 10.4. The van der Waals surface area contributed by atoms with E-state index < -0.39 is 0 Å². The molecule has 0 bridgehead atoms. The van der Waals surface area contributed by atoms with Crippen molar-refractivity contribution in [1.82, 2.24) is 0 Å². The maximum absolute atomic E-state index is 11.0. The summed E-state index contributed by atoms with van der Waals surface area (Å²) in [4.78, 5) is 11.0. The van der Waals surface area contributed by atoms with Crippen molar-refractivity contribution in [3.05, 3.63) is 112 Å². The molecular formula is C39H50ClNOS. The minimum atomic E-state index is 0.169. The topological polar surface area (TPSA) is 29.1 Å². The fourth-order valence-electron chi connectivity index (χ4n) is 5.33. The average molecular weight is 616 g/mol. The summed E-state index contributed by atoms with van der Waals surface area (Å²) in [5, 5.41) is 4.29. The van der Waals surface area contributed by atoms with Crippen molar-refractivity contribution in [2.75, 3.05) is 11.1 Å². The highest BCUT2D eigenvalue weighted by Gasteiger charge is 2.42. The van der Waals surface area contributed by atoms with Gasteiger partial charge in [-0.15, -0.1) is 0 Å². The summed E-state index contributed by atoms with van der Waals surface area (Å²) in [5.74, 6) is 1.86. The van der Waals surface area contributed by atoms with Gasteiger partial charge in [0.05, 0.1) is 6.04 Å². The molecule has 1 fully saturated rings. The first kappa shape index (κ1) is 34.7. The van der Waals surface area contributed by atoms with Gasteiger partial charge in [-0.3, -0.25) is 4.79 Å². The van der Waals surface area contributed by atoms with E-state index in [1.165, 1.54) is 47.1 Å². The average Bonchev–Trinajstić information content (AvgIpc) is 3.81. The summed E-state index contributed by atoms with van der Waals surface area (Å²) < 4.78 is 0.